The number of carboxylic acids is 1. The monoisotopic (exact) mass is 1880 g/mol. The highest BCUT2D eigenvalue weighted by molar-refractivity contribution is 5.96. The van der Waals surface area contributed by atoms with Crippen LogP contribution in [0, 0.1) is 88.7 Å². The van der Waals surface area contributed by atoms with E-state index in [4.69, 9.17) is 16.5 Å². The summed E-state index contributed by atoms with van der Waals surface area (Å²) in [7, 11) is 0. The lowest BCUT2D eigenvalue weighted by Gasteiger charge is -2.29. The van der Waals surface area contributed by atoms with Gasteiger partial charge in [-0.2, -0.15) is 52.7 Å². The number of rotatable bonds is 15. The van der Waals surface area contributed by atoms with Gasteiger partial charge in [0.25, 0.3) is 5.91 Å². The molecule has 137 heavy (non-hydrogen) atoms. The van der Waals surface area contributed by atoms with E-state index in [2.05, 4.69) is 101 Å². The average Bonchev–Trinajstić information content (AvgIpc) is 1.60. The summed E-state index contributed by atoms with van der Waals surface area (Å²) in [6.07, 6.45) is -7.13. The molecule has 5 N–H and O–H groups in total. The summed E-state index contributed by atoms with van der Waals surface area (Å²) >= 11 is 0. The van der Waals surface area contributed by atoms with Crippen LogP contribution in [0.4, 0.5) is 67.1 Å². The van der Waals surface area contributed by atoms with Gasteiger partial charge in [-0.1, -0.05) is 137 Å². The highest BCUT2D eigenvalue weighted by Gasteiger charge is 2.55. The first-order valence-corrected chi connectivity index (χ1v) is 46.2. The molecule has 8 aliphatic rings. The molecule has 11 aromatic rings. The van der Waals surface area contributed by atoms with E-state index in [0.717, 1.165) is 149 Å². The Hall–Kier alpha value is -13.3. The van der Waals surface area contributed by atoms with Gasteiger partial charge in [-0.05, 0) is 308 Å². The zero-order valence-corrected chi connectivity index (χ0v) is 77.4. The number of nitrogens with zero attached hydrogens (tertiary/aromatic N) is 6. The van der Waals surface area contributed by atoms with E-state index in [1.54, 1.807) is 45.0 Å². The van der Waals surface area contributed by atoms with Crippen molar-refractivity contribution in [2.75, 3.05) is 0 Å². The first-order chi connectivity index (χ1) is 64.8. The van der Waals surface area contributed by atoms with E-state index >= 15 is 0 Å². The van der Waals surface area contributed by atoms with Crippen molar-refractivity contribution in [2.24, 2.45) is 5.92 Å². The maximum absolute atomic E-state index is 14.0. The quantitative estimate of drug-likeness (QED) is 0.0494. The van der Waals surface area contributed by atoms with E-state index < -0.39 is 94.8 Å². The minimum absolute atomic E-state index is 0.116. The number of pyridine rings is 2. The van der Waals surface area contributed by atoms with Crippen LogP contribution in [0.2, 0.25) is 0 Å². The molecule has 9 aromatic carbocycles. The average molecular weight is 1880 g/mol. The van der Waals surface area contributed by atoms with Crippen molar-refractivity contribution in [3.8, 4) is 55.6 Å². The second-order valence-corrected chi connectivity index (χ2v) is 38.5. The Kier molecular flexibility index (Phi) is 25.5. The highest BCUT2D eigenvalue weighted by Crippen LogP contribution is 2.55. The molecule has 2 aliphatic carbocycles. The summed E-state index contributed by atoms with van der Waals surface area (Å²) in [6, 6.07) is 44.7. The van der Waals surface area contributed by atoms with E-state index in [1.807, 2.05) is 100 Å². The number of carbonyl (C=O) groups is 5. The molecule has 19 rings (SSSR count). The molecular formula is C109H104F12N10O6. The fourth-order valence-corrected chi connectivity index (χ4v) is 21.9. The molecule has 9 atom stereocenters. The van der Waals surface area contributed by atoms with Crippen LogP contribution in [0.5, 0.6) is 0 Å². The van der Waals surface area contributed by atoms with Gasteiger partial charge < -0.3 is 35.8 Å². The van der Waals surface area contributed by atoms with Gasteiger partial charge in [0.2, 0.25) is 0 Å². The summed E-state index contributed by atoms with van der Waals surface area (Å²) < 4.78 is 165. The van der Waals surface area contributed by atoms with Crippen molar-refractivity contribution in [3.05, 3.63) is 328 Å². The third kappa shape index (κ3) is 19.2. The minimum Gasteiger partial charge on any atom is -0.481 e. The number of halogens is 12. The second-order valence-electron chi connectivity index (χ2n) is 38.5. The first-order valence-electron chi connectivity index (χ1n) is 46.2. The lowest BCUT2D eigenvalue weighted by atomic mass is 9.77. The number of hydrogen-bond acceptors (Lipinski definition) is 7. The fourth-order valence-electron chi connectivity index (χ4n) is 21.9. The predicted molar refractivity (Wildman–Crippen MR) is 499 cm³/mol. The Morgan fingerprint density at radius 1 is 0.380 bits per heavy atom. The molecule has 0 bridgehead atoms. The van der Waals surface area contributed by atoms with Crippen LogP contribution >= 0.6 is 0 Å². The Morgan fingerprint density at radius 2 is 0.759 bits per heavy atom. The SMILES string of the molecule is Cc1cc([C@H]2NC(=O)N3[C@H](c4cc(C(F)(F)F)ccc4-c4cc(C5CCC(C(=O)O)CC5)ccc4C)CC[C@@H]23)cc(C(F)(F)F)c1.Cc1cc([C@H]2NC(=O)N3[C@H](c4cc(C)ccc4-c4cc(-c5ccc(C)cc5C)cnc4C)CC[C@@H]23)cc(C(F)(F)F)c1.[C-]#[N+]C1(NC(=O)c2ccc(-c3cnc(C)c(-c4ccc(C)cc4[C@@H]4CC[C@H]5[C@@H](c6cc(C)cc(C(F)(F)F)c6)NC(=O)N45)c3)c(C)c2)CC1. The van der Waals surface area contributed by atoms with Gasteiger partial charge in [0.1, 0.15) is 0 Å². The molecule has 7 amide bonds. The standard InChI is InChI=1S/C39H36F3N5O2.C35H34F6N2O3.C35H34F3N3O/c1-21-6-8-30(31-19-27(20-44-24(31)4)29-9-7-25(17-23(29)3)36(48)46-38(43-5)12-13-38)32(16-21)33-10-11-34-35(45-37(49)47(33)34)26-14-22(2)15-28(18-26)39(40,41)42;1-18-13-23(15-25(14-18)35(39,40)41)31-30-12-11-29(43(30)33(46)42-31)28-17-24(34(36,37)38)9-10-26(28)27-16-22(4-3-19(27)2)20-5-7-21(8-6-20)32(44)45;1-19-6-8-27(22(4)12-19)25-17-29(23(5)39-18-25)28-9-7-20(2)15-30(28)31-10-11-32-33(40-34(42)41(31)32)24-13-21(3)14-26(16-24)35(36,37)38/h6-9,14-20,33-35H,10-13H2,1-4H3,(H,45,49)(H,46,48);3-4,9-10,13-17,20-21,29-31H,5-8,11-12H2,1-2H3,(H,42,46)(H,44,45);6-9,12-18,31-33H,10-11H2,1-5H3,(H,40,42)/t33-,34-,35+;20?,21?,29-,30-,31+;31-,32-,33+/m000/s1. The minimum atomic E-state index is -4.63. The number of aryl methyl sites for hydroxylation is 11. The van der Waals surface area contributed by atoms with E-state index in [-0.39, 0.29) is 54.0 Å². The van der Waals surface area contributed by atoms with E-state index in [9.17, 15) is 81.8 Å². The topological polar surface area (TPSA) is 194 Å². The maximum atomic E-state index is 14.0. The number of carbonyl (C=O) groups excluding carboxylic acids is 4. The van der Waals surface area contributed by atoms with Crippen LogP contribution in [0.3, 0.4) is 0 Å². The number of fused-ring (bicyclic) bond motifs is 3. The Morgan fingerprint density at radius 3 is 1.15 bits per heavy atom. The van der Waals surface area contributed by atoms with Crippen molar-refractivity contribution >= 4 is 30.0 Å². The number of carboxylic acid groups (broad SMARTS) is 1. The van der Waals surface area contributed by atoms with Crippen LogP contribution < -0.4 is 21.3 Å². The lowest BCUT2D eigenvalue weighted by Crippen LogP contribution is -2.34. The normalized spacial score (nSPS) is 22.0. The van der Waals surface area contributed by atoms with Crippen LogP contribution in [0.25, 0.3) is 60.5 Å². The van der Waals surface area contributed by atoms with Crippen LogP contribution in [-0.4, -0.2) is 83.5 Å². The highest BCUT2D eigenvalue weighted by atomic mass is 19.4. The number of amides is 7. The van der Waals surface area contributed by atoms with Crippen LogP contribution in [0.15, 0.2) is 188 Å². The summed E-state index contributed by atoms with van der Waals surface area (Å²) in [4.78, 5) is 83.1. The molecule has 2 aromatic heterocycles. The molecule has 0 unspecified atom stereocenters. The van der Waals surface area contributed by atoms with Gasteiger partial charge in [0, 0.05) is 51.6 Å². The third-order valence-electron chi connectivity index (χ3n) is 28.8. The Bertz CT molecular complexity index is 6700. The second kappa shape index (κ2) is 36.6. The van der Waals surface area contributed by atoms with Gasteiger partial charge in [-0.15, -0.1) is 0 Å². The smallest absolute Gasteiger partial charge is 0.416 e. The van der Waals surface area contributed by atoms with E-state index in [0.29, 0.717) is 121 Å². The molecule has 16 nitrogen and oxygen atoms in total. The van der Waals surface area contributed by atoms with Gasteiger partial charge in [-0.3, -0.25) is 29.7 Å². The molecule has 8 fully saturated rings. The Labute approximate surface area is 786 Å². The molecule has 0 radical (unpaired) electrons. The zero-order valence-electron chi connectivity index (χ0n) is 77.4. The van der Waals surface area contributed by atoms with E-state index in [1.165, 1.54) is 28.2 Å². The number of aliphatic carboxylic acids is 1. The molecular weight excluding hydrogens is 1770 g/mol. The number of hydrogen-bond donors (Lipinski definition) is 5. The zero-order chi connectivity index (χ0) is 97.9. The fraction of sp³-hybridized carbons (Fsp3) is 0.358. The predicted octanol–water partition coefficient (Wildman–Crippen LogP) is 27.1. The van der Waals surface area contributed by atoms with Gasteiger partial charge in [0.15, 0.2) is 0 Å². The molecule has 0 spiro atoms. The summed E-state index contributed by atoms with van der Waals surface area (Å²) in [5.41, 5.74) is 19.7. The van der Waals surface area contributed by atoms with Crippen molar-refractivity contribution in [1.82, 2.24) is 45.9 Å². The summed E-state index contributed by atoms with van der Waals surface area (Å²) in [5.74, 6) is -1.33. The van der Waals surface area contributed by atoms with Crippen LogP contribution in [-0.2, 0) is 29.5 Å². The molecule has 6 saturated heterocycles. The van der Waals surface area contributed by atoms with Gasteiger partial charge >= 0.3 is 54.4 Å². The van der Waals surface area contributed by atoms with Crippen LogP contribution in [0.1, 0.15) is 252 Å². The van der Waals surface area contributed by atoms with Crippen molar-refractivity contribution < 1.29 is 81.8 Å². The van der Waals surface area contributed by atoms with Crippen molar-refractivity contribution in [1.29, 1.82) is 0 Å². The molecule has 6 aliphatic heterocycles. The molecule has 28 heteroatoms. The molecule has 710 valence electrons. The summed E-state index contributed by atoms with van der Waals surface area (Å²) in [5, 5.41) is 21.1. The number of benzene rings is 9. The van der Waals surface area contributed by atoms with Crippen molar-refractivity contribution in [2.45, 2.75) is 244 Å². The van der Waals surface area contributed by atoms with Gasteiger partial charge in [-0.25, -0.2) is 21.0 Å². The largest absolute Gasteiger partial charge is 0.481 e. The lowest BCUT2D eigenvalue weighted by molar-refractivity contribution is -0.143. The summed E-state index contributed by atoms with van der Waals surface area (Å²) in [6.45, 7) is 28.2. The number of urea groups is 3. The number of aromatic nitrogens is 2. The maximum Gasteiger partial charge on any atom is 0.416 e. The Balaban J connectivity index is 0.000000143. The molecule has 2 saturated carbocycles. The molecule has 8 heterocycles. The third-order valence-corrected chi connectivity index (χ3v) is 28.8. The van der Waals surface area contributed by atoms with Gasteiger partial charge in [0.05, 0.1) is 95.4 Å². The number of nitrogens with one attached hydrogen (secondary N) is 4. The first kappa shape index (κ1) is 95.4. The van der Waals surface area contributed by atoms with Crippen molar-refractivity contribution in [3.63, 3.8) is 0 Å². The number of alkyl halides is 12.